The van der Waals surface area contributed by atoms with Gasteiger partial charge in [0.15, 0.2) is 21.3 Å². The molecule has 2 heterocycles. The van der Waals surface area contributed by atoms with E-state index in [0.29, 0.717) is 49.3 Å². The number of amides is 2. The van der Waals surface area contributed by atoms with Gasteiger partial charge >= 0.3 is 0 Å². The number of carbonyl (C=O) groups excluding carboxylic acids is 2. The molecule has 2 aromatic rings. The lowest BCUT2D eigenvalue weighted by Gasteiger charge is -2.34. The smallest absolute Gasteiger partial charge is 0.268 e. The van der Waals surface area contributed by atoms with Gasteiger partial charge in [-0.3, -0.25) is 9.59 Å². The Balaban J connectivity index is 1.56. The van der Waals surface area contributed by atoms with Crippen molar-refractivity contribution in [1.29, 1.82) is 0 Å². The van der Waals surface area contributed by atoms with Crippen molar-refractivity contribution in [3.05, 3.63) is 54.1 Å². The van der Waals surface area contributed by atoms with Gasteiger partial charge in [-0.1, -0.05) is 44.2 Å². The highest BCUT2D eigenvalue weighted by atomic mass is 32.2. The first-order valence-electron chi connectivity index (χ1n) is 14.4. The second-order valence-electron chi connectivity index (χ2n) is 11.0. The summed E-state index contributed by atoms with van der Waals surface area (Å²) in [7, 11) is -8.44. The topological polar surface area (TPSA) is 165 Å². The maximum atomic E-state index is 14.0. The number of sulfonamides is 1. The minimum absolute atomic E-state index is 0.212. The van der Waals surface area contributed by atoms with Gasteiger partial charge in [-0.05, 0) is 30.0 Å². The Bertz CT molecular complexity index is 1500. The summed E-state index contributed by atoms with van der Waals surface area (Å²) in [5.41, 5.74) is 7.42. The SMILES string of the molecule is CC(CS(=O)(=O)CCC(=O)N1CCNCC1)C(=O)N([C@H](N)[C@@H](C)Cc1ccccc1)S(=O)(=O)c1ccc2c(c1)OCCO2. The molecule has 2 aromatic carbocycles. The van der Waals surface area contributed by atoms with Crippen molar-refractivity contribution >= 4 is 31.7 Å². The van der Waals surface area contributed by atoms with E-state index in [2.05, 4.69) is 5.32 Å². The lowest BCUT2D eigenvalue weighted by Crippen LogP contribution is -2.55. The number of piperazine rings is 1. The van der Waals surface area contributed by atoms with Crippen LogP contribution in [0.2, 0.25) is 0 Å². The fraction of sp³-hybridized carbons (Fsp3) is 0.517. The van der Waals surface area contributed by atoms with Crippen LogP contribution in [-0.4, -0.2) is 94.9 Å². The molecule has 3 atom stereocenters. The summed E-state index contributed by atoms with van der Waals surface area (Å²) in [5.74, 6) is -3.47. The molecule has 1 fully saturated rings. The van der Waals surface area contributed by atoms with Crippen LogP contribution in [0.1, 0.15) is 25.8 Å². The molecule has 2 amide bonds. The van der Waals surface area contributed by atoms with E-state index in [1.807, 2.05) is 30.3 Å². The maximum absolute atomic E-state index is 14.0. The highest BCUT2D eigenvalue weighted by Gasteiger charge is 2.40. The zero-order valence-corrected chi connectivity index (χ0v) is 26.1. The standard InChI is InChI=1S/C29H40N4O8S2/c1-21(18-23-6-4-3-5-7-23)28(30)33(43(38,39)24-8-9-25-26(19-24)41-16-15-40-25)29(35)22(2)20-42(36,37)17-10-27(34)32-13-11-31-12-14-32/h3-9,19,21-22,28,31H,10-18,20,30H2,1-2H3/t21-,22?,28-/m0/s1. The summed E-state index contributed by atoms with van der Waals surface area (Å²) in [6.45, 7) is 5.93. The number of ether oxygens (including phenoxy) is 2. The van der Waals surface area contributed by atoms with Crippen LogP contribution in [0.4, 0.5) is 0 Å². The average molecular weight is 637 g/mol. The molecular formula is C29H40N4O8S2. The van der Waals surface area contributed by atoms with Crippen molar-refractivity contribution < 1.29 is 35.9 Å². The monoisotopic (exact) mass is 636 g/mol. The second-order valence-corrected chi connectivity index (χ2v) is 15.0. The van der Waals surface area contributed by atoms with E-state index < -0.39 is 55.3 Å². The van der Waals surface area contributed by atoms with Crippen LogP contribution >= 0.6 is 0 Å². The van der Waals surface area contributed by atoms with Gasteiger partial charge in [-0.25, -0.2) is 21.1 Å². The molecule has 12 nitrogen and oxygen atoms in total. The molecular weight excluding hydrogens is 596 g/mol. The average Bonchev–Trinajstić information content (AvgIpc) is 3.00. The minimum atomic E-state index is -4.55. The Hall–Kier alpha value is -3.20. The molecule has 236 valence electrons. The number of nitrogens with two attached hydrogens (primary N) is 1. The first-order chi connectivity index (χ1) is 20.4. The summed E-state index contributed by atoms with van der Waals surface area (Å²) >= 11 is 0. The summed E-state index contributed by atoms with van der Waals surface area (Å²) in [6.07, 6.45) is -1.13. The van der Waals surface area contributed by atoms with Crippen LogP contribution in [0, 0.1) is 11.8 Å². The maximum Gasteiger partial charge on any atom is 0.268 e. The first-order valence-corrected chi connectivity index (χ1v) is 17.6. The first kappa shape index (κ1) is 32.7. The lowest BCUT2D eigenvalue weighted by atomic mass is 9.98. The highest BCUT2D eigenvalue weighted by molar-refractivity contribution is 7.91. The molecule has 2 aliphatic heterocycles. The molecule has 3 N–H and O–H groups in total. The molecule has 4 rings (SSSR count). The molecule has 2 aliphatic rings. The summed E-state index contributed by atoms with van der Waals surface area (Å²) in [4.78, 5) is 27.8. The third-order valence-electron chi connectivity index (χ3n) is 7.56. The number of rotatable bonds is 12. The Morgan fingerprint density at radius 1 is 0.977 bits per heavy atom. The van der Waals surface area contributed by atoms with Crippen LogP contribution in [0.5, 0.6) is 11.5 Å². The number of nitrogens with one attached hydrogen (secondary N) is 1. The molecule has 0 aliphatic carbocycles. The molecule has 1 saturated heterocycles. The van der Waals surface area contributed by atoms with Gasteiger partial charge in [-0.2, -0.15) is 0 Å². The number of carbonyl (C=O) groups is 2. The highest BCUT2D eigenvalue weighted by Crippen LogP contribution is 2.34. The van der Waals surface area contributed by atoms with Crippen LogP contribution in [0.3, 0.4) is 0 Å². The van der Waals surface area contributed by atoms with Crippen LogP contribution in [0.15, 0.2) is 53.4 Å². The lowest BCUT2D eigenvalue weighted by molar-refractivity contribution is -0.132. The van der Waals surface area contributed by atoms with E-state index in [-0.39, 0.29) is 29.6 Å². The Kier molecular flexibility index (Phi) is 10.7. The number of benzene rings is 2. The fourth-order valence-electron chi connectivity index (χ4n) is 5.13. The van der Waals surface area contributed by atoms with E-state index in [9.17, 15) is 26.4 Å². The van der Waals surface area contributed by atoms with Crippen LogP contribution < -0.4 is 20.5 Å². The molecule has 0 bridgehead atoms. The predicted octanol–water partition coefficient (Wildman–Crippen LogP) is 1.01. The largest absolute Gasteiger partial charge is 0.486 e. The van der Waals surface area contributed by atoms with Gasteiger partial charge in [0.2, 0.25) is 11.8 Å². The van der Waals surface area contributed by atoms with E-state index in [1.54, 1.807) is 11.8 Å². The summed E-state index contributed by atoms with van der Waals surface area (Å²) in [5, 5.41) is 3.13. The van der Waals surface area contributed by atoms with Crippen molar-refractivity contribution in [2.45, 2.75) is 37.8 Å². The Morgan fingerprint density at radius 2 is 1.63 bits per heavy atom. The zero-order valence-electron chi connectivity index (χ0n) is 24.5. The van der Waals surface area contributed by atoms with Crippen LogP contribution in [-0.2, 0) is 35.9 Å². The molecule has 1 unspecified atom stereocenters. The van der Waals surface area contributed by atoms with Gasteiger partial charge < -0.3 is 25.4 Å². The number of hydrogen-bond donors (Lipinski definition) is 2. The van der Waals surface area contributed by atoms with Crippen molar-refractivity contribution in [2.24, 2.45) is 17.6 Å². The van der Waals surface area contributed by atoms with Gasteiger partial charge in [0.05, 0.1) is 28.5 Å². The van der Waals surface area contributed by atoms with E-state index in [0.717, 1.165) is 5.56 Å². The van der Waals surface area contributed by atoms with E-state index in [4.69, 9.17) is 15.2 Å². The Labute approximate surface area is 253 Å². The van der Waals surface area contributed by atoms with E-state index >= 15 is 0 Å². The van der Waals surface area contributed by atoms with Crippen LogP contribution in [0.25, 0.3) is 0 Å². The third-order valence-corrected chi connectivity index (χ3v) is 11.2. The van der Waals surface area contributed by atoms with Crippen molar-refractivity contribution in [3.8, 4) is 11.5 Å². The minimum Gasteiger partial charge on any atom is -0.486 e. The van der Waals surface area contributed by atoms with Gasteiger partial charge in [0, 0.05) is 38.7 Å². The van der Waals surface area contributed by atoms with Gasteiger partial charge in [0.1, 0.15) is 13.2 Å². The normalized spacial score (nSPS) is 17.5. The zero-order chi connectivity index (χ0) is 31.2. The molecule has 0 aromatic heterocycles. The molecule has 43 heavy (non-hydrogen) atoms. The quantitative estimate of drug-likeness (QED) is 0.321. The molecule has 0 saturated carbocycles. The summed E-state index contributed by atoms with van der Waals surface area (Å²) < 4.78 is 65.8. The predicted molar refractivity (Wildman–Crippen MR) is 161 cm³/mol. The third kappa shape index (κ3) is 8.25. The Morgan fingerprint density at radius 3 is 2.30 bits per heavy atom. The van der Waals surface area contributed by atoms with Crippen molar-refractivity contribution in [2.75, 3.05) is 50.9 Å². The van der Waals surface area contributed by atoms with E-state index in [1.165, 1.54) is 25.1 Å². The van der Waals surface area contributed by atoms with Crippen molar-refractivity contribution in [3.63, 3.8) is 0 Å². The number of sulfone groups is 1. The second kappa shape index (κ2) is 14.1. The summed E-state index contributed by atoms with van der Waals surface area (Å²) in [6, 6.07) is 13.3. The fourth-order valence-corrected chi connectivity index (χ4v) is 8.35. The number of nitrogens with zero attached hydrogens (tertiary/aromatic N) is 2. The van der Waals surface area contributed by atoms with Gasteiger partial charge in [-0.15, -0.1) is 0 Å². The molecule has 0 spiro atoms. The van der Waals surface area contributed by atoms with Crippen molar-refractivity contribution in [1.82, 2.24) is 14.5 Å². The number of fused-ring (bicyclic) bond motifs is 1. The molecule has 0 radical (unpaired) electrons. The number of hydrogen-bond acceptors (Lipinski definition) is 10. The molecule has 14 heteroatoms. The van der Waals surface area contributed by atoms with Gasteiger partial charge in [0.25, 0.3) is 10.0 Å².